The summed E-state index contributed by atoms with van der Waals surface area (Å²) in [7, 11) is 0. The number of fused-ring (bicyclic) bond motifs is 1. The molecule has 2 N–H and O–H groups in total. The number of anilines is 3. The van der Waals surface area contributed by atoms with Gasteiger partial charge in [0, 0.05) is 11.8 Å². The number of hydrogen-bond acceptors (Lipinski definition) is 8. The second-order valence-electron chi connectivity index (χ2n) is 5.67. The molecule has 1 aromatic heterocycles. The van der Waals surface area contributed by atoms with Crippen molar-refractivity contribution < 1.29 is 18.7 Å². The first kappa shape index (κ1) is 18.5. The van der Waals surface area contributed by atoms with Gasteiger partial charge in [0.05, 0.1) is 11.4 Å². The van der Waals surface area contributed by atoms with E-state index in [0.29, 0.717) is 45.6 Å². The zero-order chi connectivity index (χ0) is 19.3. The Bertz CT molecular complexity index is 998. The van der Waals surface area contributed by atoms with E-state index in [2.05, 4.69) is 20.8 Å². The van der Waals surface area contributed by atoms with Gasteiger partial charge in [0.1, 0.15) is 19.0 Å². The molecule has 7 nitrogen and oxygen atoms in total. The maximum absolute atomic E-state index is 13.7. The third kappa shape index (κ3) is 4.52. The Morgan fingerprint density at radius 1 is 1.14 bits per heavy atom. The van der Waals surface area contributed by atoms with E-state index in [1.165, 1.54) is 29.2 Å². The molecule has 1 amide bonds. The molecule has 0 unspecified atom stereocenters. The van der Waals surface area contributed by atoms with Crippen LogP contribution in [0.4, 0.5) is 20.9 Å². The lowest BCUT2D eigenvalue weighted by Gasteiger charge is -2.18. The second-order valence-corrected chi connectivity index (χ2v) is 7.87. The maximum Gasteiger partial charge on any atom is 0.234 e. The van der Waals surface area contributed by atoms with Crippen LogP contribution in [0.2, 0.25) is 0 Å². The molecule has 0 atom stereocenters. The number of aromatic nitrogens is 2. The number of carbonyl (C=O) groups excluding carboxylic acids is 1. The summed E-state index contributed by atoms with van der Waals surface area (Å²) in [6.07, 6.45) is 0. The Morgan fingerprint density at radius 2 is 1.96 bits per heavy atom. The van der Waals surface area contributed by atoms with Crippen LogP contribution in [0.25, 0.3) is 0 Å². The molecule has 4 rings (SSSR count). The average Bonchev–Trinajstić information content (AvgIpc) is 3.16. The molecule has 0 saturated carbocycles. The normalized spacial score (nSPS) is 12.5. The van der Waals surface area contributed by atoms with Crippen LogP contribution in [0.15, 0.2) is 46.8 Å². The smallest absolute Gasteiger partial charge is 0.234 e. The minimum atomic E-state index is -0.370. The number of para-hydroxylation sites is 1. The summed E-state index contributed by atoms with van der Waals surface area (Å²) in [5, 5.41) is 14.1. The van der Waals surface area contributed by atoms with Crippen molar-refractivity contribution in [2.75, 3.05) is 29.6 Å². The molecule has 0 spiro atoms. The van der Waals surface area contributed by atoms with Crippen molar-refractivity contribution in [1.29, 1.82) is 0 Å². The summed E-state index contributed by atoms with van der Waals surface area (Å²) in [5.74, 6) is 0.904. The zero-order valence-corrected chi connectivity index (χ0v) is 16.1. The monoisotopic (exact) mass is 418 g/mol. The molecule has 3 aromatic rings. The maximum atomic E-state index is 13.7. The highest BCUT2D eigenvalue weighted by molar-refractivity contribution is 8.01. The standard InChI is InChI=1S/C18H15FN4O3S2/c19-12-3-1-2-4-13(12)21-17-22-23-18(28-17)27-10-16(24)20-11-5-6-14-15(9-11)26-8-7-25-14/h1-6,9H,7-8,10H2,(H,20,24)(H,21,22). The zero-order valence-electron chi connectivity index (χ0n) is 14.5. The number of nitrogens with zero attached hydrogens (tertiary/aromatic N) is 2. The van der Waals surface area contributed by atoms with Gasteiger partial charge in [-0.2, -0.15) is 0 Å². The molecule has 1 aliphatic heterocycles. The first-order valence-electron chi connectivity index (χ1n) is 8.35. The molecule has 10 heteroatoms. The molecular formula is C18H15FN4O3S2. The van der Waals surface area contributed by atoms with Gasteiger partial charge in [0.25, 0.3) is 0 Å². The highest BCUT2D eigenvalue weighted by atomic mass is 32.2. The molecule has 144 valence electrons. The van der Waals surface area contributed by atoms with E-state index >= 15 is 0 Å². The molecule has 0 bridgehead atoms. The SMILES string of the molecule is O=C(CSc1nnc(Nc2ccccc2F)s1)Nc1ccc2c(c1)OCCO2. The van der Waals surface area contributed by atoms with E-state index in [1.54, 1.807) is 36.4 Å². The predicted octanol–water partition coefficient (Wildman–Crippen LogP) is 3.92. The highest BCUT2D eigenvalue weighted by Crippen LogP contribution is 2.33. The fraction of sp³-hybridized carbons (Fsp3) is 0.167. The minimum absolute atomic E-state index is 0.169. The van der Waals surface area contributed by atoms with Crippen LogP contribution in [-0.2, 0) is 4.79 Å². The van der Waals surface area contributed by atoms with Crippen molar-refractivity contribution >= 4 is 45.5 Å². The highest BCUT2D eigenvalue weighted by Gasteiger charge is 2.14. The predicted molar refractivity (Wildman–Crippen MR) is 106 cm³/mol. The summed E-state index contributed by atoms with van der Waals surface area (Å²) >= 11 is 2.51. The van der Waals surface area contributed by atoms with Crippen LogP contribution in [-0.4, -0.2) is 35.1 Å². The summed E-state index contributed by atoms with van der Waals surface area (Å²) in [6, 6.07) is 11.6. The molecule has 2 aromatic carbocycles. The van der Waals surface area contributed by atoms with Gasteiger partial charge < -0.3 is 20.1 Å². The topological polar surface area (TPSA) is 85.4 Å². The number of hydrogen-bond donors (Lipinski definition) is 2. The molecule has 28 heavy (non-hydrogen) atoms. The van der Waals surface area contributed by atoms with Gasteiger partial charge in [-0.3, -0.25) is 4.79 Å². The lowest BCUT2D eigenvalue weighted by atomic mass is 10.2. The molecule has 0 aliphatic carbocycles. The summed E-state index contributed by atoms with van der Waals surface area (Å²) in [5.41, 5.74) is 0.959. The quantitative estimate of drug-likeness (QED) is 0.587. The van der Waals surface area contributed by atoms with E-state index in [-0.39, 0.29) is 17.5 Å². The lowest BCUT2D eigenvalue weighted by Crippen LogP contribution is -2.17. The Balaban J connectivity index is 1.30. The third-order valence-electron chi connectivity index (χ3n) is 3.67. The molecular weight excluding hydrogens is 403 g/mol. The van der Waals surface area contributed by atoms with Gasteiger partial charge in [-0.25, -0.2) is 4.39 Å². The van der Waals surface area contributed by atoms with Crippen LogP contribution in [0.5, 0.6) is 11.5 Å². The van der Waals surface area contributed by atoms with Crippen molar-refractivity contribution in [3.63, 3.8) is 0 Å². The first-order chi connectivity index (χ1) is 13.7. The van der Waals surface area contributed by atoms with E-state index in [9.17, 15) is 9.18 Å². The minimum Gasteiger partial charge on any atom is -0.486 e. The van der Waals surface area contributed by atoms with Crippen LogP contribution in [0.3, 0.4) is 0 Å². The number of amides is 1. The van der Waals surface area contributed by atoms with Crippen molar-refractivity contribution in [1.82, 2.24) is 10.2 Å². The third-order valence-corrected chi connectivity index (χ3v) is 5.65. The largest absolute Gasteiger partial charge is 0.486 e. The fourth-order valence-corrected chi connectivity index (χ4v) is 4.01. The van der Waals surface area contributed by atoms with Crippen molar-refractivity contribution in [2.24, 2.45) is 0 Å². The van der Waals surface area contributed by atoms with E-state index < -0.39 is 0 Å². The van der Waals surface area contributed by atoms with E-state index in [0.717, 1.165) is 0 Å². The number of rotatable bonds is 6. The number of nitrogens with one attached hydrogen (secondary N) is 2. The van der Waals surface area contributed by atoms with Gasteiger partial charge in [0.15, 0.2) is 15.8 Å². The Hall–Kier alpha value is -2.85. The Kier molecular flexibility index (Phi) is 5.58. The van der Waals surface area contributed by atoms with Crippen LogP contribution in [0.1, 0.15) is 0 Å². The van der Waals surface area contributed by atoms with Crippen LogP contribution >= 0.6 is 23.1 Å². The number of benzene rings is 2. The number of ether oxygens (including phenoxy) is 2. The molecule has 0 radical (unpaired) electrons. The summed E-state index contributed by atoms with van der Waals surface area (Å²) < 4.78 is 25.2. The summed E-state index contributed by atoms with van der Waals surface area (Å²) in [4.78, 5) is 12.2. The van der Waals surface area contributed by atoms with Crippen LogP contribution in [0, 0.1) is 5.82 Å². The van der Waals surface area contributed by atoms with Crippen molar-refractivity contribution in [3.05, 3.63) is 48.3 Å². The van der Waals surface area contributed by atoms with Gasteiger partial charge in [-0.15, -0.1) is 10.2 Å². The van der Waals surface area contributed by atoms with E-state index in [1.807, 2.05) is 0 Å². The van der Waals surface area contributed by atoms with Crippen molar-refractivity contribution in [2.45, 2.75) is 4.34 Å². The molecule has 0 fully saturated rings. The van der Waals surface area contributed by atoms with Crippen LogP contribution < -0.4 is 20.1 Å². The summed E-state index contributed by atoms with van der Waals surface area (Å²) in [6.45, 7) is 1.01. The second kappa shape index (κ2) is 8.44. The average molecular weight is 418 g/mol. The molecule has 1 aliphatic rings. The number of halogens is 1. The van der Waals surface area contributed by atoms with Gasteiger partial charge in [-0.1, -0.05) is 35.2 Å². The first-order valence-corrected chi connectivity index (χ1v) is 10.1. The van der Waals surface area contributed by atoms with Gasteiger partial charge in [0.2, 0.25) is 11.0 Å². The van der Waals surface area contributed by atoms with Gasteiger partial charge in [-0.05, 0) is 24.3 Å². The van der Waals surface area contributed by atoms with E-state index in [4.69, 9.17) is 9.47 Å². The van der Waals surface area contributed by atoms with Gasteiger partial charge >= 0.3 is 0 Å². The molecule has 2 heterocycles. The number of thioether (sulfide) groups is 1. The molecule has 0 saturated heterocycles. The Labute approximate surface area is 168 Å². The lowest BCUT2D eigenvalue weighted by molar-refractivity contribution is -0.113. The van der Waals surface area contributed by atoms with Crippen molar-refractivity contribution in [3.8, 4) is 11.5 Å². The Morgan fingerprint density at radius 3 is 2.82 bits per heavy atom. The number of carbonyl (C=O) groups is 1. The fourth-order valence-electron chi connectivity index (χ4n) is 2.44.